The Bertz CT molecular complexity index is 1130. The van der Waals surface area contributed by atoms with Crippen molar-refractivity contribution in [1.29, 1.82) is 0 Å². The van der Waals surface area contributed by atoms with Crippen LogP contribution in [-0.2, 0) is 12.3 Å². The second kappa shape index (κ2) is 7.94. The van der Waals surface area contributed by atoms with Gasteiger partial charge in [0, 0.05) is 17.0 Å². The summed E-state index contributed by atoms with van der Waals surface area (Å²) in [5.74, 6) is 0.691. The molecule has 2 aromatic heterocycles. The van der Waals surface area contributed by atoms with Gasteiger partial charge in [0.05, 0.1) is 11.9 Å². The van der Waals surface area contributed by atoms with E-state index in [0.29, 0.717) is 33.5 Å². The molecule has 0 radical (unpaired) electrons. The first-order chi connectivity index (χ1) is 13.2. The molecule has 0 aliphatic heterocycles. The normalized spacial score (nSPS) is 11.0. The highest BCUT2D eigenvalue weighted by atomic mass is 35.5. The summed E-state index contributed by atoms with van der Waals surface area (Å²) in [7, 11) is 0. The molecule has 2 heterocycles. The number of aromatic nitrogens is 3. The minimum Gasteiger partial charge on any atom is -0.282 e. The molecule has 0 aliphatic carbocycles. The Hall–Kier alpha value is -2.63. The first kappa shape index (κ1) is 17.8. The van der Waals surface area contributed by atoms with Gasteiger partial charge in [0.2, 0.25) is 0 Å². The molecule has 4 rings (SSSR count). The Morgan fingerprint density at radius 3 is 2.48 bits per heavy atom. The Morgan fingerprint density at radius 2 is 1.70 bits per heavy atom. The smallest absolute Gasteiger partial charge is 0.263 e. The number of thioether (sulfide) groups is 1. The SMILES string of the molecule is O=c1c2cccnc2nc(SCc2ccc(Cl)cc2)n1Cc1ccccc1. The lowest BCUT2D eigenvalue weighted by Gasteiger charge is -2.13. The van der Waals surface area contributed by atoms with Crippen LogP contribution >= 0.6 is 23.4 Å². The third-order valence-corrected chi connectivity index (χ3v) is 5.46. The Labute approximate surface area is 165 Å². The van der Waals surface area contributed by atoms with Crippen molar-refractivity contribution in [2.45, 2.75) is 17.5 Å². The van der Waals surface area contributed by atoms with Crippen LogP contribution in [-0.4, -0.2) is 14.5 Å². The van der Waals surface area contributed by atoms with Crippen LogP contribution in [0.4, 0.5) is 0 Å². The summed E-state index contributed by atoms with van der Waals surface area (Å²) in [6, 6.07) is 21.1. The molecule has 0 aliphatic rings. The number of rotatable bonds is 5. The van der Waals surface area contributed by atoms with E-state index in [1.54, 1.807) is 22.9 Å². The molecule has 0 atom stereocenters. The molecule has 0 N–H and O–H groups in total. The lowest BCUT2D eigenvalue weighted by Crippen LogP contribution is -2.24. The second-order valence-corrected chi connectivity index (χ2v) is 7.44. The zero-order chi connectivity index (χ0) is 18.6. The van der Waals surface area contributed by atoms with Crippen LogP contribution in [0.3, 0.4) is 0 Å². The number of fused-ring (bicyclic) bond motifs is 1. The zero-order valence-electron chi connectivity index (χ0n) is 14.4. The van der Waals surface area contributed by atoms with E-state index in [2.05, 4.69) is 9.97 Å². The fraction of sp³-hybridized carbons (Fsp3) is 0.0952. The average molecular weight is 394 g/mol. The van der Waals surface area contributed by atoms with Crippen LogP contribution in [0.25, 0.3) is 11.0 Å². The number of nitrogens with zero attached hydrogens (tertiary/aromatic N) is 3. The van der Waals surface area contributed by atoms with Gasteiger partial charge in [0.15, 0.2) is 10.8 Å². The van der Waals surface area contributed by atoms with Gasteiger partial charge in [-0.1, -0.05) is 65.8 Å². The molecule has 0 amide bonds. The van der Waals surface area contributed by atoms with Crippen LogP contribution in [0.2, 0.25) is 5.02 Å². The number of pyridine rings is 1. The summed E-state index contributed by atoms with van der Waals surface area (Å²) in [6.45, 7) is 0.473. The van der Waals surface area contributed by atoms with Crippen molar-refractivity contribution >= 4 is 34.4 Å². The molecule has 0 spiro atoms. The zero-order valence-corrected chi connectivity index (χ0v) is 16.0. The van der Waals surface area contributed by atoms with Crippen molar-refractivity contribution in [3.8, 4) is 0 Å². The van der Waals surface area contributed by atoms with Gasteiger partial charge in [0.1, 0.15) is 0 Å². The fourth-order valence-corrected chi connectivity index (χ4v) is 3.85. The minimum atomic E-state index is -0.0736. The van der Waals surface area contributed by atoms with Gasteiger partial charge in [0.25, 0.3) is 5.56 Å². The molecule has 4 nitrogen and oxygen atoms in total. The summed E-state index contributed by atoms with van der Waals surface area (Å²) in [6.07, 6.45) is 1.66. The highest BCUT2D eigenvalue weighted by Crippen LogP contribution is 2.23. The third-order valence-electron chi connectivity index (χ3n) is 4.16. The molecular weight excluding hydrogens is 378 g/mol. The summed E-state index contributed by atoms with van der Waals surface area (Å²) in [5, 5.41) is 1.90. The number of benzene rings is 2. The predicted molar refractivity (Wildman–Crippen MR) is 110 cm³/mol. The molecule has 6 heteroatoms. The van der Waals surface area contributed by atoms with E-state index in [4.69, 9.17) is 11.6 Å². The monoisotopic (exact) mass is 393 g/mol. The summed E-state index contributed by atoms with van der Waals surface area (Å²) in [4.78, 5) is 22.0. The van der Waals surface area contributed by atoms with Crippen molar-refractivity contribution in [3.05, 3.63) is 99.4 Å². The summed E-state index contributed by atoms with van der Waals surface area (Å²) >= 11 is 7.48. The van der Waals surface area contributed by atoms with Crippen LogP contribution < -0.4 is 5.56 Å². The second-order valence-electron chi connectivity index (χ2n) is 6.06. The average Bonchev–Trinajstić information content (AvgIpc) is 2.71. The Kier molecular flexibility index (Phi) is 5.23. The molecule has 0 bridgehead atoms. The lowest BCUT2D eigenvalue weighted by molar-refractivity contribution is 0.656. The number of halogens is 1. The maximum absolute atomic E-state index is 13.1. The third kappa shape index (κ3) is 4.04. The molecule has 27 heavy (non-hydrogen) atoms. The van der Waals surface area contributed by atoms with Crippen LogP contribution in [0.1, 0.15) is 11.1 Å². The molecule has 0 fully saturated rings. The van der Waals surface area contributed by atoms with Gasteiger partial charge in [-0.3, -0.25) is 9.36 Å². The fourth-order valence-electron chi connectivity index (χ4n) is 2.78. The van der Waals surface area contributed by atoms with Crippen molar-refractivity contribution in [2.75, 3.05) is 0 Å². The maximum atomic E-state index is 13.1. The Balaban J connectivity index is 1.73. The summed E-state index contributed by atoms with van der Waals surface area (Å²) in [5.41, 5.74) is 2.57. The lowest BCUT2D eigenvalue weighted by atomic mass is 10.2. The molecule has 0 saturated heterocycles. The number of hydrogen-bond acceptors (Lipinski definition) is 4. The van der Waals surface area contributed by atoms with E-state index in [9.17, 15) is 4.79 Å². The largest absolute Gasteiger partial charge is 0.282 e. The topological polar surface area (TPSA) is 47.8 Å². The first-order valence-corrected chi connectivity index (χ1v) is 9.84. The van der Waals surface area contributed by atoms with Gasteiger partial charge in [-0.25, -0.2) is 9.97 Å². The van der Waals surface area contributed by atoms with E-state index in [0.717, 1.165) is 11.1 Å². The molecule has 4 aromatic rings. The van der Waals surface area contributed by atoms with Crippen LogP contribution in [0.5, 0.6) is 0 Å². The molecule has 0 unspecified atom stereocenters. The van der Waals surface area contributed by atoms with Gasteiger partial charge >= 0.3 is 0 Å². The quantitative estimate of drug-likeness (QED) is 0.361. The van der Waals surface area contributed by atoms with Crippen molar-refractivity contribution in [2.24, 2.45) is 0 Å². The minimum absolute atomic E-state index is 0.0736. The highest BCUT2D eigenvalue weighted by molar-refractivity contribution is 7.98. The van der Waals surface area contributed by atoms with E-state index in [1.807, 2.05) is 54.6 Å². The highest BCUT2D eigenvalue weighted by Gasteiger charge is 2.13. The van der Waals surface area contributed by atoms with Gasteiger partial charge in [-0.15, -0.1) is 0 Å². The Morgan fingerprint density at radius 1 is 0.926 bits per heavy atom. The van der Waals surface area contributed by atoms with E-state index in [-0.39, 0.29) is 5.56 Å². The molecule has 0 saturated carbocycles. The van der Waals surface area contributed by atoms with E-state index < -0.39 is 0 Å². The van der Waals surface area contributed by atoms with Crippen LogP contribution in [0, 0.1) is 0 Å². The van der Waals surface area contributed by atoms with E-state index >= 15 is 0 Å². The molecule has 2 aromatic carbocycles. The predicted octanol–water partition coefficient (Wildman–Crippen LogP) is 4.79. The standard InChI is InChI=1S/C21H16ClN3OS/c22-17-10-8-16(9-11-17)14-27-21-24-19-18(7-4-12-23-19)20(26)25(21)13-15-5-2-1-3-6-15/h1-12H,13-14H2. The summed E-state index contributed by atoms with van der Waals surface area (Å²) < 4.78 is 1.72. The van der Waals surface area contributed by atoms with Crippen molar-refractivity contribution in [3.63, 3.8) is 0 Å². The van der Waals surface area contributed by atoms with Gasteiger partial charge in [-0.2, -0.15) is 0 Å². The molecule has 134 valence electrons. The van der Waals surface area contributed by atoms with Crippen molar-refractivity contribution < 1.29 is 0 Å². The first-order valence-electron chi connectivity index (χ1n) is 8.47. The van der Waals surface area contributed by atoms with E-state index in [1.165, 1.54) is 11.8 Å². The maximum Gasteiger partial charge on any atom is 0.263 e. The van der Waals surface area contributed by atoms with Gasteiger partial charge in [-0.05, 0) is 35.4 Å². The number of hydrogen-bond donors (Lipinski definition) is 0. The van der Waals surface area contributed by atoms with Gasteiger partial charge < -0.3 is 0 Å². The molecular formula is C21H16ClN3OS. The van der Waals surface area contributed by atoms with Crippen molar-refractivity contribution in [1.82, 2.24) is 14.5 Å². The van der Waals surface area contributed by atoms with Crippen LogP contribution in [0.15, 0.2) is 82.9 Å².